The number of fused-ring (bicyclic) bond motifs is 2. The molecule has 0 radical (unpaired) electrons. The number of aliphatic hydroxyl groups is 2. The molecule has 0 aliphatic carbocycles. The number of carbonyl (C=O) groups is 1. The quantitative estimate of drug-likeness (QED) is 0.579. The fraction of sp³-hybridized carbons (Fsp3) is 0.762. The standard InChI is InChI=1S/C21H34O5/c1-15(2)21-13-11-19(3,24)10-6-7-16(18(23)25-5)8-9-17(22)20(4,26-21)12-14-21/h7,11,13,15,17,22,24H,6,8-10,12,14H2,1-5H3/b13-11+,16-7+/t17-,19-,20-,21-/m0/s1. The van der Waals surface area contributed by atoms with Crippen molar-refractivity contribution >= 4 is 5.97 Å². The molecule has 2 aliphatic rings. The number of allylic oxidation sites excluding steroid dienone is 1. The SMILES string of the molecule is COC(=O)/C1=C/CC[C@](C)(O)/C=C/[C@@]2(C(C)C)CC[C@](C)(O2)[C@@H](O)CC1. The summed E-state index contributed by atoms with van der Waals surface area (Å²) < 4.78 is 11.3. The second kappa shape index (κ2) is 7.83. The minimum atomic E-state index is -0.991. The van der Waals surface area contributed by atoms with Crippen molar-refractivity contribution in [2.75, 3.05) is 7.11 Å². The third-order valence-corrected chi connectivity index (χ3v) is 6.02. The lowest BCUT2D eigenvalue weighted by atomic mass is 9.83. The molecule has 26 heavy (non-hydrogen) atoms. The molecule has 0 spiro atoms. The third-order valence-electron chi connectivity index (χ3n) is 6.02. The Labute approximate surface area is 157 Å². The summed E-state index contributed by atoms with van der Waals surface area (Å²) in [4.78, 5) is 12.0. The van der Waals surface area contributed by atoms with Gasteiger partial charge in [0, 0.05) is 5.57 Å². The van der Waals surface area contributed by atoms with Crippen LogP contribution in [-0.2, 0) is 14.3 Å². The van der Waals surface area contributed by atoms with Crippen molar-refractivity contribution in [1.82, 2.24) is 0 Å². The van der Waals surface area contributed by atoms with E-state index in [1.165, 1.54) is 7.11 Å². The van der Waals surface area contributed by atoms with Gasteiger partial charge >= 0.3 is 5.97 Å². The van der Waals surface area contributed by atoms with Crippen LogP contribution in [0.2, 0.25) is 0 Å². The zero-order chi connectivity index (χ0) is 19.6. The van der Waals surface area contributed by atoms with Gasteiger partial charge in [0.15, 0.2) is 0 Å². The third kappa shape index (κ3) is 4.56. The van der Waals surface area contributed by atoms with Crippen LogP contribution in [0.4, 0.5) is 0 Å². The summed E-state index contributed by atoms with van der Waals surface area (Å²) in [5.41, 5.74) is -1.61. The molecule has 5 nitrogen and oxygen atoms in total. The molecule has 4 atom stereocenters. The largest absolute Gasteiger partial charge is 0.466 e. The van der Waals surface area contributed by atoms with Crippen LogP contribution >= 0.6 is 0 Å². The molecule has 2 heterocycles. The zero-order valence-corrected chi connectivity index (χ0v) is 16.7. The Morgan fingerprint density at radius 2 is 1.96 bits per heavy atom. The lowest BCUT2D eigenvalue weighted by molar-refractivity contribution is -0.146. The summed E-state index contributed by atoms with van der Waals surface area (Å²) in [7, 11) is 1.36. The first-order chi connectivity index (χ1) is 12.0. The summed E-state index contributed by atoms with van der Waals surface area (Å²) in [5, 5.41) is 21.5. The van der Waals surface area contributed by atoms with Crippen molar-refractivity contribution in [3.8, 4) is 0 Å². The van der Waals surface area contributed by atoms with Gasteiger partial charge in [0.05, 0.1) is 30.0 Å². The summed E-state index contributed by atoms with van der Waals surface area (Å²) in [6, 6.07) is 0. The number of aliphatic hydroxyl groups excluding tert-OH is 1. The van der Waals surface area contributed by atoms with Crippen molar-refractivity contribution in [1.29, 1.82) is 0 Å². The molecule has 2 aliphatic heterocycles. The van der Waals surface area contributed by atoms with Crippen molar-refractivity contribution in [2.45, 2.75) is 89.1 Å². The van der Waals surface area contributed by atoms with E-state index in [1.807, 2.05) is 25.2 Å². The maximum absolute atomic E-state index is 12.0. The highest BCUT2D eigenvalue weighted by Crippen LogP contribution is 2.46. The van der Waals surface area contributed by atoms with E-state index in [2.05, 4.69) is 13.8 Å². The number of methoxy groups -OCH3 is 1. The van der Waals surface area contributed by atoms with Crippen molar-refractivity contribution < 1.29 is 24.5 Å². The van der Waals surface area contributed by atoms with E-state index in [-0.39, 0.29) is 11.9 Å². The normalized spacial score (nSPS) is 42.2. The highest BCUT2D eigenvalue weighted by molar-refractivity contribution is 5.88. The van der Waals surface area contributed by atoms with Crippen LogP contribution in [0.5, 0.6) is 0 Å². The van der Waals surface area contributed by atoms with Crippen molar-refractivity contribution in [3.05, 3.63) is 23.8 Å². The Kier molecular flexibility index (Phi) is 6.36. The van der Waals surface area contributed by atoms with Crippen LogP contribution in [0.3, 0.4) is 0 Å². The first-order valence-electron chi connectivity index (χ1n) is 9.62. The maximum atomic E-state index is 12.0. The predicted molar refractivity (Wildman–Crippen MR) is 101 cm³/mol. The Bertz CT molecular complexity index is 577. The molecule has 5 heteroatoms. The van der Waals surface area contributed by atoms with Crippen LogP contribution in [0.1, 0.15) is 66.2 Å². The number of hydrogen-bond acceptors (Lipinski definition) is 5. The Morgan fingerprint density at radius 3 is 2.58 bits per heavy atom. The monoisotopic (exact) mass is 366 g/mol. The van der Waals surface area contributed by atoms with E-state index in [9.17, 15) is 15.0 Å². The van der Waals surface area contributed by atoms with Crippen molar-refractivity contribution in [3.63, 3.8) is 0 Å². The van der Waals surface area contributed by atoms with Gasteiger partial charge in [0.1, 0.15) is 0 Å². The number of hydrogen-bond donors (Lipinski definition) is 2. The Morgan fingerprint density at radius 1 is 1.27 bits per heavy atom. The van der Waals surface area contributed by atoms with Gasteiger partial charge in [-0.1, -0.05) is 32.1 Å². The van der Waals surface area contributed by atoms with Gasteiger partial charge in [-0.3, -0.25) is 0 Å². The number of ether oxygens (including phenoxy) is 2. The zero-order valence-electron chi connectivity index (χ0n) is 16.7. The van der Waals surface area contributed by atoms with Gasteiger partial charge in [-0.15, -0.1) is 0 Å². The molecular weight excluding hydrogens is 332 g/mol. The molecule has 2 rings (SSSR count). The highest BCUT2D eigenvalue weighted by atomic mass is 16.5. The molecule has 0 amide bonds. The van der Waals surface area contributed by atoms with Gasteiger partial charge in [0.25, 0.3) is 0 Å². The Balaban J connectivity index is 2.36. The minimum Gasteiger partial charge on any atom is -0.466 e. The summed E-state index contributed by atoms with van der Waals surface area (Å²) in [5.74, 6) is -0.159. The molecule has 148 valence electrons. The Hall–Kier alpha value is -1.17. The van der Waals surface area contributed by atoms with Crippen LogP contribution in [0.25, 0.3) is 0 Å². The van der Waals surface area contributed by atoms with E-state index < -0.39 is 22.9 Å². The fourth-order valence-electron chi connectivity index (χ4n) is 3.89. The summed E-state index contributed by atoms with van der Waals surface area (Å²) in [6.45, 7) is 7.92. The molecule has 1 fully saturated rings. The van der Waals surface area contributed by atoms with E-state index in [0.717, 1.165) is 12.8 Å². The lowest BCUT2D eigenvalue weighted by Crippen LogP contribution is -2.44. The smallest absolute Gasteiger partial charge is 0.333 e. The molecular formula is C21H34O5. The predicted octanol–water partition coefficient (Wildman–Crippen LogP) is 3.29. The van der Waals surface area contributed by atoms with Gasteiger partial charge in [0.2, 0.25) is 0 Å². The minimum absolute atomic E-state index is 0.220. The van der Waals surface area contributed by atoms with E-state index in [0.29, 0.717) is 31.3 Å². The molecule has 2 N–H and O–H groups in total. The van der Waals surface area contributed by atoms with Gasteiger partial charge in [-0.05, 0) is 58.3 Å². The highest BCUT2D eigenvalue weighted by Gasteiger charge is 2.50. The number of rotatable bonds is 2. The molecule has 0 unspecified atom stereocenters. The fourth-order valence-corrected chi connectivity index (χ4v) is 3.89. The average molecular weight is 366 g/mol. The lowest BCUT2D eigenvalue weighted by Gasteiger charge is -2.37. The molecule has 0 aromatic rings. The molecule has 2 bridgehead atoms. The molecule has 0 aromatic carbocycles. The average Bonchev–Trinajstić information content (AvgIpc) is 2.94. The van der Waals surface area contributed by atoms with E-state index >= 15 is 0 Å². The van der Waals surface area contributed by atoms with Gasteiger partial charge in [-0.25, -0.2) is 4.79 Å². The summed E-state index contributed by atoms with van der Waals surface area (Å²) >= 11 is 0. The van der Waals surface area contributed by atoms with Crippen molar-refractivity contribution in [2.24, 2.45) is 5.92 Å². The molecule has 0 saturated carbocycles. The maximum Gasteiger partial charge on any atom is 0.333 e. The molecule has 0 aromatic heterocycles. The number of carbonyl (C=O) groups excluding carboxylic acids is 1. The topological polar surface area (TPSA) is 76.0 Å². The second-order valence-electron chi connectivity index (χ2n) is 8.53. The van der Waals surface area contributed by atoms with Crippen LogP contribution in [0.15, 0.2) is 23.8 Å². The van der Waals surface area contributed by atoms with E-state index in [4.69, 9.17) is 9.47 Å². The van der Waals surface area contributed by atoms with Crippen LogP contribution in [0, 0.1) is 5.92 Å². The van der Waals surface area contributed by atoms with E-state index in [1.54, 1.807) is 6.92 Å². The van der Waals surface area contributed by atoms with Gasteiger partial charge < -0.3 is 19.7 Å². The van der Waals surface area contributed by atoms with Crippen LogP contribution < -0.4 is 0 Å². The van der Waals surface area contributed by atoms with Crippen LogP contribution in [-0.4, -0.2) is 46.2 Å². The first-order valence-corrected chi connectivity index (χ1v) is 9.62. The summed E-state index contributed by atoms with van der Waals surface area (Å²) in [6.07, 6.45) is 8.39. The number of esters is 1. The first kappa shape index (κ1) is 21.1. The second-order valence-corrected chi connectivity index (χ2v) is 8.53. The van der Waals surface area contributed by atoms with Gasteiger partial charge in [-0.2, -0.15) is 0 Å². The molecule has 1 saturated heterocycles.